The van der Waals surface area contributed by atoms with Crippen LogP contribution in [0.25, 0.3) is 11.0 Å². The molecule has 0 fully saturated rings. The zero-order chi connectivity index (χ0) is 22.2. The van der Waals surface area contributed by atoms with Gasteiger partial charge in [-0.15, -0.1) is 11.3 Å². The Kier molecular flexibility index (Phi) is 5.27. The molecule has 1 aliphatic heterocycles. The standard InChI is InChI=1S/C25H23N3O3S/c1-3-31-24(30)20-21(22-16(2)13-14-32-22)28-19-12-8-7-11-18(19)26-25(28)27(23(20)29)15-17-9-5-4-6-10-17/h4-14,20-21H,3,15H2,1-2H3. The molecule has 0 spiro atoms. The number of carbonyl (C=O) groups is 2. The Morgan fingerprint density at radius 3 is 2.56 bits per heavy atom. The van der Waals surface area contributed by atoms with Gasteiger partial charge in [0.2, 0.25) is 11.9 Å². The number of benzene rings is 2. The lowest BCUT2D eigenvalue weighted by molar-refractivity contribution is -0.153. The third-order valence-electron chi connectivity index (χ3n) is 5.84. The second-order valence-electron chi connectivity index (χ2n) is 7.82. The Balaban J connectivity index is 1.76. The van der Waals surface area contributed by atoms with E-state index in [9.17, 15) is 9.59 Å². The van der Waals surface area contributed by atoms with Crippen molar-refractivity contribution in [2.24, 2.45) is 5.92 Å². The van der Waals surface area contributed by atoms with Crippen LogP contribution in [0.5, 0.6) is 0 Å². The number of aromatic nitrogens is 2. The van der Waals surface area contributed by atoms with Crippen LogP contribution < -0.4 is 4.90 Å². The molecule has 0 bridgehead atoms. The summed E-state index contributed by atoms with van der Waals surface area (Å²) in [5.74, 6) is -1.22. The number of carbonyl (C=O) groups excluding carboxylic acids is 2. The number of para-hydroxylation sites is 2. The Morgan fingerprint density at radius 2 is 1.84 bits per heavy atom. The van der Waals surface area contributed by atoms with Gasteiger partial charge in [-0.1, -0.05) is 42.5 Å². The van der Waals surface area contributed by atoms with Gasteiger partial charge < -0.3 is 4.74 Å². The predicted octanol–water partition coefficient (Wildman–Crippen LogP) is 4.72. The predicted molar refractivity (Wildman–Crippen MR) is 125 cm³/mol. The van der Waals surface area contributed by atoms with Gasteiger partial charge >= 0.3 is 5.97 Å². The first-order valence-electron chi connectivity index (χ1n) is 10.6. The largest absolute Gasteiger partial charge is 0.465 e. The lowest BCUT2D eigenvalue weighted by Crippen LogP contribution is -2.49. The van der Waals surface area contributed by atoms with E-state index in [-0.39, 0.29) is 12.5 Å². The number of imidazole rings is 1. The fraction of sp³-hybridized carbons (Fsp3) is 0.240. The Hall–Kier alpha value is -3.45. The molecule has 7 heteroatoms. The summed E-state index contributed by atoms with van der Waals surface area (Å²) in [5.41, 5.74) is 3.69. The number of nitrogens with zero attached hydrogens (tertiary/aromatic N) is 3. The van der Waals surface area contributed by atoms with Crippen LogP contribution in [0.15, 0.2) is 66.0 Å². The summed E-state index contributed by atoms with van der Waals surface area (Å²) >= 11 is 1.55. The first-order valence-corrected chi connectivity index (χ1v) is 11.5. The lowest BCUT2D eigenvalue weighted by atomic mass is 9.92. The van der Waals surface area contributed by atoms with Crippen molar-refractivity contribution < 1.29 is 14.3 Å². The van der Waals surface area contributed by atoms with Crippen molar-refractivity contribution in [2.75, 3.05) is 11.5 Å². The number of ether oxygens (including phenoxy) is 1. The number of anilines is 1. The Labute approximate surface area is 190 Å². The van der Waals surface area contributed by atoms with Gasteiger partial charge in [-0.25, -0.2) is 4.98 Å². The summed E-state index contributed by atoms with van der Waals surface area (Å²) in [5, 5.41) is 1.99. The second-order valence-corrected chi connectivity index (χ2v) is 8.77. The van der Waals surface area contributed by atoms with Crippen molar-refractivity contribution in [3.05, 3.63) is 82.0 Å². The maximum absolute atomic E-state index is 13.9. The first kappa shape index (κ1) is 20.5. The molecule has 2 aromatic carbocycles. The summed E-state index contributed by atoms with van der Waals surface area (Å²) in [4.78, 5) is 34.5. The van der Waals surface area contributed by atoms with Crippen LogP contribution >= 0.6 is 11.3 Å². The molecular formula is C25H23N3O3S. The number of aryl methyl sites for hydroxylation is 1. The van der Waals surface area contributed by atoms with Gasteiger partial charge in [0.25, 0.3) is 0 Å². The Bertz CT molecular complexity index is 1290. The van der Waals surface area contributed by atoms with Gasteiger partial charge in [-0.05, 0) is 48.6 Å². The third-order valence-corrected chi connectivity index (χ3v) is 6.93. The highest BCUT2D eigenvalue weighted by atomic mass is 32.1. The van der Waals surface area contributed by atoms with Crippen molar-refractivity contribution in [1.29, 1.82) is 0 Å². The molecule has 2 unspecified atom stereocenters. The quantitative estimate of drug-likeness (QED) is 0.329. The molecular weight excluding hydrogens is 422 g/mol. The van der Waals surface area contributed by atoms with Crippen LogP contribution in [0, 0.1) is 12.8 Å². The molecule has 0 N–H and O–H groups in total. The van der Waals surface area contributed by atoms with Crippen LogP contribution in [0.2, 0.25) is 0 Å². The van der Waals surface area contributed by atoms with E-state index in [1.807, 2.05) is 77.5 Å². The number of rotatable bonds is 5. The summed E-state index contributed by atoms with van der Waals surface area (Å²) in [6, 6.07) is 19.1. The van der Waals surface area contributed by atoms with E-state index < -0.39 is 17.9 Å². The zero-order valence-corrected chi connectivity index (χ0v) is 18.7. The van der Waals surface area contributed by atoms with E-state index in [0.717, 1.165) is 27.0 Å². The SMILES string of the molecule is CCOC(=O)C1C(=O)N(Cc2ccccc2)c2nc3ccccc3n2C1c1sccc1C. The van der Waals surface area contributed by atoms with E-state index in [2.05, 4.69) is 0 Å². The molecule has 1 aliphatic rings. The summed E-state index contributed by atoms with van der Waals surface area (Å²) < 4.78 is 7.45. The Morgan fingerprint density at radius 1 is 1.09 bits per heavy atom. The fourth-order valence-corrected chi connectivity index (χ4v) is 5.43. The number of hydrogen-bond donors (Lipinski definition) is 0. The zero-order valence-electron chi connectivity index (χ0n) is 17.9. The molecule has 6 nitrogen and oxygen atoms in total. The molecule has 0 saturated heterocycles. The molecule has 1 amide bonds. The third kappa shape index (κ3) is 3.29. The van der Waals surface area contributed by atoms with Crippen molar-refractivity contribution in [2.45, 2.75) is 26.4 Å². The number of esters is 1. The van der Waals surface area contributed by atoms with Gasteiger partial charge in [0.05, 0.1) is 30.2 Å². The smallest absolute Gasteiger partial charge is 0.321 e. The van der Waals surface area contributed by atoms with Gasteiger partial charge in [-0.2, -0.15) is 0 Å². The monoisotopic (exact) mass is 445 g/mol. The number of amides is 1. The van der Waals surface area contributed by atoms with E-state index in [1.165, 1.54) is 0 Å². The van der Waals surface area contributed by atoms with E-state index >= 15 is 0 Å². The average Bonchev–Trinajstić information content (AvgIpc) is 3.39. The lowest BCUT2D eigenvalue weighted by Gasteiger charge is -2.37. The first-order chi connectivity index (χ1) is 15.6. The normalized spacial score (nSPS) is 18.1. The molecule has 0 saturated carbocycles. The van der Waals surface area contributed by atoms with Crippen molar-refractivity contribution in [1.82, 2.24) is 9.55 Å². The maximum Gasteiger partial charge on any atom is 0.321 e. The summed E-state index contributed by atoms with van der Waals surface area (Å²) in [7, 11) is 0. The highest BCUT2D eigenvalue weighted by Crippen LogP contribution is 2.44. The highest BCUT2D eigenvalue weighted by Gasteiger charge is 2.48. The molecule has 5 rings (SSSR count). The molecule has 32 heavy (non-hydrogen) atoms. The number of thiophene rings is 1. The van der Waals surface area contributed by atoms with Crippen LogP contribution in [0.4, 0.5) is 5.95 Å². The second kappa shape index (κ2) is 8.24. The van der Waals surface area contributed by atoms with Crippen molar-refractivity contribution in [3.8, 4) is 0 Å². The maximum atomic E-state index is 13.9. The topological polar surface area (TPSA) is 64.4 Å². The van der Waals surface area contributed by atoms with Gasteiger partial charge in [-0.3, -0.25) is 19.1 Å². The van der Waals surface area contributed by atoms with Crippen LogP contribution in [-0.4, -0.2) is 28.0 Å². The molecule has 4 aromatic rings. The summed E-state index contributed by atoms with van der Waals surface area (Å²) in [6.07, 6.45) is 0. The van der Waals surface area contributed by atoms with Gasteiger partial charge in [0, 0.05) is 4.88 Å². The van der Waals surface area contributed by atoms with E-state index in [1.54, 1.807) is 23.2 Å². The summed E-state index contributed by atoms with van der Waals surface area (Å²) in [6.45, 7) is 4.31. The fourth-order valence-electron chi connectivity index (χ4n) is 4.38. The molecule has 0 aliphatic carbocycles. The molecule has 2 atom stereocenters. The number of hydrogen-bond acceptors (Lipinski definition) is 5. The minimum absolute atomic E-state index is 0.217. The highest BCUT2D eigenvalue weighted by molar-refractivity contribution is 7.10. The number of fused-ring (bicyclic) bond motifs is 3. The van der Waals surface area contributed by atoms with Crippen molar-refractivity contribution in [3.63, 3.8) is 0 Å². The van der Waals surface area contributed by atoms with Crippen molar-refractivity contribution >= 4 is 40.2 Å². The minimum atomic E-state index is -0.985. The van der Waals surface area contributed by atoms with Crippen LogP contribution in [0.1, 0.15) is 29.0 Å². The van der Waals surface area contributed by atoms with Crippen LogP contribution in [0.3, 0.4) is 0 Å². The van der Waals surface area contributed by atoms with Crippen LogP contribution in [-0.2, 0) is 20.9 Å². The molecule has 3 heterocycles. The molecule has 2 aromatic heterocycles. The van der Waals surface area contributed by atoms with E-state index in [4.69, 9.17) is 9.72 Å². The molecule has 162 valence electrons. The molecule has 0 radical (unpaired) electrons. The minimum Gasteiger partial charge on any atom is -0.465 e. The average molecular weight is 446 g/mol. The van der Waals surface area contributed by atoms with Gasteiger partial charge in [0.1, 0.15) is 0 Å². The van der Waals surface area contributed by atoms with Gasteiger partial charge in [0.15, 0.2) is 5.92 Å². The van der Waals surface area contributed by atoms with E-state index in [0.29, 0.717) is 12.5 Å².